The van der Waals surface area contributed by atoms with Crippen LogP contribution < -0.4 is 4.74 Å². The van der Waals surface area contributed by atoms with Crippen molar-refractivity contribution in [1.29, 1.82) is 0 Å². The zero-order valence-corrected chi connectivity index (χ0v) is 13.0. The fourth-order valence-corrected chi connectivity index (χ4v) is 4.13. The van der Waals surface area contributed by atoms with Gasteiger partial charge in [0.2, 0.25) is 15.3 Å². The third-order valence-corrected chi connectivity index (χ3v) is 5.51. The van der Waals surface area contributed by atoms with Crippen molar-refractivity contribution in [3.63, 3.8) is 0 Å². The minimum Gasteiger partial charge on any atom is -0.494 e. The van der Waals surface area contributed by atoms with E-state index in [9.17, 15) is 13.2 Å². The molecule has 0 N–H and O–H groups in total. The Morgan fingerprint density at radius 3 is 2.45 bits per heavy atom. The van der Waals surface area contributed by atoms with Crippen LogP contribution in [0.5, 0.6) is 5.75 Å². The number of hydrogen-bond donors (Lipinski definition) is 0. The lowest BCUT2D eigenvalue weighted by atomic mass is 10.1. The van der Waals surface area contributed by atoms with Gasteiger partial charge < -0.3 is 9.47 Å². The van der Waals surface area contributed by atoms with Gasteiger partial charge in [-0.2, -0.15) is 0 Å². The molecule has 1 aliphatic rings. The van der Waals surface area contributed by atoms with E-state index < -0.39 is 21.2 Å². The normalized spacial score (nSPS) is 17.0. The zero-order valence-electron chi connectivity index (χ0n) is 11.4. The molecule has 5 nitrogen and oxygen atoms in total. The predicted octanol–water partition coefficient (Wildman–Crippen LogP) is 2.99. The summed E-state index contributed by atoms with van der Waals surface area (Å²) >= 11 is 5.97. The van der Waals surface area contributed by atoms with Gasteiger partial charge in [0.15, 0.2) is 5.75 Å². The molecule has 0 fully saturated rings. The number of halogens is 1. The molecule has 1 unspecified atom stereocenters. The Kier molecular flexibility index (Phi) is 3.58. The number of carbonyl (C=O) groups excluding carboxylic acids is 1. The van der Waals surface area contributed by atoms with Crippen molar-refractivity contribution in [1.82, 2.24) is 0 Å². The zero-order chi connectivity index (χ0) is 15.9. The standard InChI is InChI=1S/C15H11ClO5S/c1-20-13-11(16)8-7-10-12(13)14(17)21-15(10)22(18,19)9-5-3-2-4-6-9/h2-8,15H,1H3. The number of fused-ring (bicyclic) bond motifs is 1. The van der Waals surface area contributed by atoms with Gasteiger partial charge in [-0.3, -0.25) is 0 Å². The van der Waals surface area contributed by atoms with E-state index in [1.165, 1.54) is 31.4 Å². The molecule has 0 aromatic heterocycles. The maximum Gasteiger partial charge on any atom is 0.344 e. The first-order valence-electron chi connectivity index (χ1n) is 6.33. The SMILES string of the molecule is COc1c(Cl)ccc2c1C(=O)OC2S(=O)(=O)c1ccccc1. The molecule has 0 bridgehead atoms. The Morgan fingerprint density at radius 2 is 1.82 bits per heavy atom. The number of carbonyl (C=O) groups is 1. The highest BCUT2D eigenvalue weighted by Crippen LogP contribution is 2.44. The minimum atomic E-state index is -3.86. The Balaban J connectivity index is 2.17. The Labute approximate surface area is 132 Å². The number of benzene rings is 2. The van der Waals surface area contributed by atoms with Crippen molar-refractivity contribution in [3.8, 4) is 5.75 Å². The van der Waals surface area contributed by atoms with Crippen molar-refractivity contribution in [3.05, 3.63) is 58.6 Å². The van der Waals surface area contributed by atoms with E-state index in [-0.39, 0.29) is 26.8 Å². The van der Waals surface area contributed by atoms with Crippen LogP contribution in [-0.4, -0.2) is 21.5 Å². The van der Waals surface area contributed by atoms with Gasteiger partial charge in [0.05, 0.1) is 17.0 Å². The number of sulfone groups is 1. The molecule has 1 aliphatic heterocycles. The lowest BCUT2D eigenvalue weighted by molar-refractivity contribution is 0.0506. The van der Waals surface area contributed by atoms with Crippen molar-refractivity contribution < 1.29 is 22.7 Å². The first-order chi connectivity index (χ1) is 10.5. The van der Waals surface area contributed by atoms with E-state index in [1.807, 2.05) is 0 Å². The van der Waals surface area contributed by atoms with E-state index in [0.29, 0.717) is 0 Å². The molecular weight excluding hydrogens is 328 g/mol. The predicted molar refractivity (Wildman–Crippen MR) is 79.8 cm³/mol. The molecule has 22 heavy (non-hydrogen) atoms. The number of ether oxygens (including phenoxy) is 2. The summed E-state index contributed by atoms with van der Waals surface area (Å²) < 4.78 is 35.5. The Bertz CT molecular complexity index is 846. The molecule has 3 rings (SSSR count). The fourth-order valence-electron chi connectivity index (χ4n) is 2.36. The summed E-state index contributed by atoms with van der Waals surface area (Å²) in [6, 6.07) is 10.8. The molecule has 0 spiro atoms. The van der Waals surface area contributed by atoms with Gasteiger partial charge in [-0.1, -0.05) is 35.9 Å². The Hall–Kier alpha value is -2.05. The minimum absolute atomic E-state index is 0.0551. The first-order valence-corrected chi connectivity index (χ1v) is 8.25. The molecule has 0 aliphatic carbocycles. The monoisotopic (exact) mass is 338 g/mol. The number of rotatable bonds is 3. The van der Waals surface area contributed by atoms with E-state index >= 15 is 0 Å². The van der Waals surface area contributed by atoms with Gasteiger partial charge >= 0.3 is 5.97 Å². The first kappa shape index (κ1) is 14.9. The maximum absolute atomic E-state index is 12.7. The molecular formula is C15H11ClO5S. The summed E-state index contributed by atoms with van der Waals surface area (Å²) in [6.45, 7) is 0. The van der Waals surface area contributed by atoms with Crippen molar-refractivity contribution in [2.45, 2.75) is 10.3 Å². The van der Waals surface area contributed by atoms with Crippen LogP contribution >= 0.6 is 11.6 Å². The smallest absolute Gasteiger partial charge is 0.344 e. The molecule has 114 valence electrons. The van der Waals surface area contributed by atoms with Gasteiger partial charge in [0.1, 0.15) is 5.56 Å². The molecule has 7 heteroatoms. The van der Waals surface area contributed by atoms with Crippen LogP contribution in [0.2, 0.25) is 5.02 Å². The van der Waals surface area contributed by atoms with Crippen molar-refractivity contribution in [2.75, 3.05) is 7.11 Å². The fraction of sp³-hybridized carbons (Fsp3) is 0.133. The van der Waals surface area contributed by atoms with E-state index in [4.69, 9.17) is 21.1 Å². The molecule has 0 saturated heterocycles. The van der Waals surface area contributed by atoms with Gasteiger partial charge in [-0.25, -0.2) is 13.2 Å². The van der Waals surface area contributed by atoms with E-state index in [2.05, 4.69) is 0 Å². The highest BCUT2D eigenvalue weighted by Gasteiger charge is 2.43. The van der Waals surface area contributed by atoms with Crippen LogP contribution in [0, 0.1) is 0 Å². The molecule has 0 saturated carbocycles. The van der Waals surface area contributed by atoms with Crippen LogP contribution in [0.3, 0.4) is 0 Å². The highest BCUT2D eigenvalue weighted by molar-refractivity contribution is 7.91. The summed E-state index contributed by atoms with van der Waals surface area (Å²) in [6.07, 6.45) is 0. The molecule has 1 atom stereocenters. The topological polar surface area (TPSA) is 69.7 Å². The van der Waals surface area contributed by atoms with Gasteiger partial charge in [0, 0.05) is 5.56 Å². The van der Waals surface area contributed by atoms with Crippen LogP contribution in [0.15, 0.2) is 47.4 Å². The third kappa shape index (κ3) is 2.15. The number of methoxy groups -OCH3 is 1. The van der Waals surface area contributed by atoms with Crippen LogP contribution in [-0.2, 0) is 14.6 Å². The van der Waals surface area contributed by atoms with E-state index in [1.54, 1.807) is 18.2 Å². The van der Waals surface area contributed by atoms with Crippen LogP contribution in [0.1, 0.15) is 21.4 Å². The summed E-state index contributed by atoms with van der Waals surface area (Å²) in [5.41, 5.74) is -1.11. The molecule has 2 aromatic carbocycles. The number of esters is 1. The number of hydrogen-bond acceptors (Lipinski definition) is 5. The average Bonchev–Trinajstić information content (AvgIpc) is 2.86. The maximum atomic E-state index is 12.7. The van der Waals surface area contributed by atoms with Crippen molar-refractivity contribution in [2.24, 2.45) is 0 Å². The van der Waals surface area contributed by atoms with Crippen molar-refractivity contribution >= 4 is 27.4 Å². The van der Waals surface area contributed by atoms with Gasteiger partial charge in [-0.05, 0) is 18.2 Å². The Morgan fingerprint density at radius 1 is 1.14 bits per heavy atom. The molecule has 2 aromatic rings. The summed E-state index contributed by atoms with van der Waals surface area (Å²) in [7, 11) is -2.51. The van der Waals surface area contributed by atoms with Crippen LogP contribution in [0.4, 0.5) is 0 Å². The molecule has 1 heterocycles. The van der Waals surface area contributed by atoms with E-state index in [0.717, 1.165) is 0 Å². The second kappa shape index (κ2) is 5.30. The average molecular weight is 339 g/mol. The molecule has 0 amide bonds. The number of cyclic esters (lactones) is 1. The lowest BCUT2D eigenvalue weighted by Crippen LogP contribution is -2.13. The summed E-state index contributed by atoms with van der Waals surface area (Å²) in [5.74, 6) is -0.645. The third-order valence-electron chi connectivity index (χ3n) is 3.37. The molecule has 0 radical (unpaired) electrons. The highest BCUT2D eigenvalue weighted by atomic mass is 35.5. The van der Waals surface area contributed by atoms with Gasteiger partial charge in [0.25, 0.3) is 0 Å². The summed E-state index contributed by atoms with van der Waals surface area (Å²) in [5, 5.41) is 0.218. The van der Waals surface area contributed by atoms with Crippen LogP contribution in [0.25, 0.3) is 0 Å². The second-order valence-corrected chi connectivity index (χ2v) is 7.04. The van der Waals surface area contributed by atoms with Gasteiger partial charge in [-0.15, -0.1) is 0 Å². The summed E-state index contributed by atoms with van der Waals surface area (Å²) in [4.78, 5) is 12.1. The quantitative estimate of drug-likeness (QED) is 0.805. The lowest BCUT2D eigenvalue weighted by Gasteiger charge is -2.12. The largest absolute Gasteiger partial charge is 0.494 e. The second-order valence-electron chi connectivity index (χ2n) is 4.64.